The van der Waals surface area contributed by atoms with Gasteiger partial charge in [-0.25, -0.2) is 9.37 Å². The second kappa shape index (κ2) is 7.20. The molecule has 2 aromatic rings. The van der Waals surface area contributed by atoms with Crippen LogP contribution < -0.4 is 15.0 Å². The normalized spacial score (nSPS) is 21.7. The first-order valence-electron chi connectivity index (χ1n) is 9.69. The minimum atomic E-state index is -0.297. The number of nitrogens with zero attached hydrogens (tertiary/aromatic N) is 2. The van der Waals surface area contributed by atoms with Crippen LogP contribution in [0.25, 0.3) is 0 Å². The zero-order valence-corrected chi connectivity index (χ0v) is 16.6. The zero-order valence-electron chi connectivity index (χ0n) is 16.6. The number of piperidine rings is 1. The molecule has 6 nitrogen and oxygen atoms in total. The molecular formula is C21H26FN3O3. The van der Waals surface area contributed by atoms with Crippen LogP contribution >= 0.6 is 0 Å². The molecule has 0 saturated carbocycles. The number of benzene rings is 1. The Bertz CT molecular complexity index is 959. The predicted molar refractivity (Wildman–Crippen MR) is 104 cm³/mol. The van der Waals surface area contributed by atoms with Crippen LogP contribution in [-0.4, -0.2) is 42.2 Å². The third-order valence-electron chi connectivity index (χ3n) is 6.09. The van der Waals surface area contributed by atoms with E-state index >= 15 is 0 Å². The molecule has 0 amide bonds. The third-order valence-corrected chi connectivity index (χ3v) is 6.09. The topological polar surface area (TPSA) is 67.5 Å². The SMILES string of the molecule is COc1cc(F)c(CN2CCCC3(CCc4c3nc(C)[nH]c4=O)C2)cc1OC. The molecule has 1 fully saturated rings. The molecule has 28 heavy (non-hydrogen) atoms. The number of aromatic nitrogens is 2. The van der Waals surface area contributed by atoms with Crippen LogP contribution in [-0.2, 0) is 18.4 Å². The minimum Gasteiger partial charge on any atom is -0.493 e. The number of hydrogen-bond acceptors (Lipinski definition) is 5. The van der Waals surface area contributed by atoms with Crippen molar-refractivity contribution < 1.29 is 13.9 Å². The molecule has 1 saturated heterocycles. The molecule has 1 N–H and O–H groups in total. The number of nitrogens with one attached hydrogen (secondary N) is 1. The van der Waals surface area contributed by atoms with Gasteiger partial charge in [0.05, 0.1) is 19.9 Å². The van der Waals surface area contributed by atoms with Crippen LogP contribution in [0.5, 0.6) is 11.5 Å². The van der Waals surface area contributed by atoms with Gasteiger partial charge in [0.25, 0.3) is 5.56 Å². The van der Waals surface area contributed by atoms with Gasteiger partial charge in [-0.05, 0) is 45.2 Å². The summed E-state index contributed by atoms with van der Waals surface area (Å²) >= 11 is 0. The highest BCUT2D eigenvalue weighted by Gasteiger charge is 2.44. The highest BCUT2D eigenvalue weighted by atomic mass is 19.1. The van der Waals surface area contributed by atoms with Gasteiger partial charge in [-0.15, -0.1) is 0 Å². The first kappa shape index (κ1) is 18.9. The molecule has 1 aliphatic heterocycles. The Morgan fingerprint density at radius 2 is 2.00 bits per heavy atom. The van der Waals surface area contributed by atoms with Gasteiger partial charge in [-0.1, -0.05) is 0 Å². The number of halogens is 1. The Labute approximate surface area is 163 Å². The molecule has 7 heteroatoms. The van der Waals surface area contributed by atoms with Gasteiger partial charge in [-0.3, -0.25) is 9.69 Å². The first-order chi connectivity index (χ1) is 13.5. The van der Waals surface area contributed by atoms with Crippen LogP contribution in [0, 0.1) is 12.7 Å². The van der Waals surface area contributed by atoms with Crippen LogP contribution in [0.1, 0.15) is 41.9 Å². The van der Waals surface area contributed by atoms with Crippen molar-refractivity contribution in [2.24, 2.45) is 0 Å². The maximum absolute atomic E-state index is 14.6. The fraction of sp³-hybridized carbons (Fsp3) is 0.524. The second-order valence-electron chi connectivity index (χ2n) is 7.87. The van der Waals surface area contributed by atoms with E-state index in [4.69, 9.17) is 14.5 Å². The summed E-state index contributed by atoms with van der Waals surface area (Å²) in [6.45, 7) is 4.00. The summed E-state index contributed by atoms with van der Waals surface area (Å²) in [7, 11) is 3.05. The average Bonchev–Trinajstić information content (AvgIpc) is 3.01. The summed E-state index contributed by atoms with van der Waals surface area (Å²) in [6.07, 6.45) is 3.70. The van der Waals surface area contributed by atoms with Crippen molar-refractivity contribution in [3.63, 3.8) is 0 Å². The zero-order chi connectivity index (χ0) is 19.9. The van der Waals surface area contributed by atoms with E-state index in [-0.39, 0.29) is 16.8 Å². The monoisotopic (exact) mass is 387 g/mol. The highest BCUT2D eigenvalue weighted by molar-refractivity contribution is 5.44. The summed E-state index contributed by atoms with van der Waals surface area (Å²) in [6, 6.07) is 3.09. The number of methoxy groups -OCH3 is 2. The van der Waals surface area contributed by atoms with Crippen molar-refractivity contribution in [3.8, 4) is 11.5 Å². The number of fused-ring (bicyclic) bond motifs is 2. The fourth-order valence-electron chi connectivity index (χ4n) is 4.78. The van der Waals surface area contributed by atoms with Gasteiger partial charge in [0, 0.05) is 35.7 Å². The summed E-state index contributed by atoms with van der Waals surface area (Å²) in [5, 5.41) is 0. The molecule has 1 spiro atoms. The van der Waals surface area contributed by atoms with Crippen molar-refractivity contribution >= 4 is 0 Å². The van der Waals surface area contributed by atoms with Gasteiger partial charge >= 0.3 is 0 Å². The lowest BCUT2D eigenvalue weighted by Gasteiger charge is -2.40. The number of ether oxygens (including phenoxy) is 2. The van der Waals surface area contributed by atoms with Crippen molar-refractivity contribution in [2.75, 3.05) is 27.3 Å². The number of aromatic amines is 1. The van der Waals surface area contributed by atoms with E-state index in [9.17, 15) is 9.18 Å². The van der Waals surface area contributed by atoms with Gasteiger partial charge in [0.2, 0.25) is 0 Å². The number of aryl methyl sites for hydroxylation is 1. The number of hydrogen-bond donors (Lipinski definition) is 1. The molecule has 2 aliphatic rings. The quantitative estimate of drug-likeness (QED) is 0.874. The molecular weight excluding hydrogens is 361 g/mol. The van der Waals surface area contributed by atoms with E-state index in [2.05, 4.69) is 9.88 Å². The van der Waals surface area contributed by atoms with Crippen molar-refractivity contribution in [1.82, 2.24) is 14.9 Å². The molecule has 1 unspecified atom stereocenters. The van der Waals surface area contributed by atoms with E-state index in [1.54, 1.807) is 13.2 Å². The molecule has 0 bridgehead atoms. The number of rotatable bonds is 4. The predicted octanol–water partition coefficient (Wildman–Crippen LogP) is 2.71. The van der Waals surface area contributed by atoms with Crippen LogP contribution in [0.4, 0.5) is 4.39 Å². The lowest BCUT2D eigenvalue weighted by Crippen LogP contribution is -2.45. The Kier molecular flexibility index (Phi) is 4.87. The summed E-state index contributed by atoms with van der Waals surface area (Å²) in [5.41, 5.74) is 2.24. The minimum absolute atomic E-state index is 0.0116. The molecule has 1 aromatic heterocycles. The molecule has 2 heterocycles. The van der Waals surface area contributed by atoms with Gasteiger partial charge in [0.1, 0.15) is 11.6 Å². The summed E-state index contributed by atoms with van der Waals surface area (Å²) in [5.74, 6) is 1.28. The number of H-pyrrole nitrogens is 1. The van der Waals surface area contributed by atoms with Crippen LogP contribution in [0.3, 0.4) is 0 Å². The average molecular weight is 387 g/mol. The molecule has 4 rings (SSSR count). The molecule has 1 aliphatic carbocycles. The third kappa shape index (κ3) is 3.17. The van der Waals surface area contributed by atoms with E-state index in [1.807, 2.05) is 6.92 Å². The molecule has 150 valence electrons. The van der Waals surface area contributed by atoms with E-state index in [1.165, 1.54) is 13.2 Å². The van der Waals surface area contributed by atoms with Crippen LogP contribution in [0.15, 0.2) is 16.9 Å². The Morgan fingerprint density at radius 3 is 2.75 bits per heavy atom. The first-order valence-corrected chi connectivity index (χ1v) is 9.69. The lowest BCUT2D eigenvalue weighted by atomic mass is 9.77. The Hall–Kier alpha value is -2.41. The molecule has 0 radical (unpaired) electrons. The van der Waals surface area contributed by atoms with Crippen molar-refractivity contribution in [3.05, 3.63) is 50.9 Å². The summed E-state index contributed by atoms with van der Waals surface area (Å²) in [4.78, 5) is 22.1. The van der Waals surface area contributed by atoms with Crippen LogP contribution in [0.2, 0.25) is 0 Å². The van der Waals surface area contributed by atoms with Gasteiger partial charge < -0.3 is 14.5 Å². The maximum atomic E-state index is 14.6. The van der Waals surface area contributed by atoms with Gasteiger partial charge in [-0.2, -0.15) is 0 Å². The highest BCUT2D eigenvalue weighted by Crippen LogP contribution is 2.43. The number of likely N-dealkylation sites (tertiary alicyclic amines) is 1. The fourth-order valence-corrected chi connectivity index (χ4v) is 4.78. The van der Waals surface area contributed by atoms with E-state index in [0.717, 1.165) is 50.0 Å². The smallest absolute Gasteiger partial charge is 0.254 e. The molecule has 1 aromatic carbocycles. The maximum Gasteiger partial charge on any atom is 0.254 e. The van der Waals surface area contributed by atoms with Crippen molar-refractivity contribution in [2.45, 2.75) is 44.6 Å². The Balaban J connectivity index is 1.61. The Morgan fingerprint density at radius 1 is 1.25 bits per heavy atom. The van der Waals surface area contributed by atoms with Crippen molar-refractivity contribution in [1.29, 1.82) is 0 Å². The second-order valence-corrected chi connectivity index (χ2v) is 7.87. The van der Waals surface area contributed by atoms with E-state index in [0.29, 0.717) is 29.4 Å². The van der Waals surface area contributed by atoms with Gasteiger partial charge in [0.15, 0.2) is 11.5 Å². The standard InChI is InChI=1S/C21H26FN3O3/c1-13-23-19-15(20(26)24-13)5-7-21(19)6-4-8-25(12-21)11-14-9-17(27-2)18(28-3)10-16(14)22/h9-10H,4-8,11-12H2,1-3H3,(H,23,24,26). The molecule has 1 atom stereocenters. The summed E-state index contributed by atoms with van der Waals surface area (Å²) < 4.78 is 25.1. The largest absolute Gasteiger partial charge is 0.493 e. The lowest BCUT2D eigenvalue weighted by molar-refractivity contribution is 0.135. The van der Waals surface area contributed by atoms with E-state index < -0.39 is 0 Å².